The molecule has 11 amide bonds. The minimum atomic E-state index is -1.52. The molecule has 3 aromatic rings. The van der Waals surface area contributed by atoms with Crippen LogP contribution in [0.15, 0.2) is 43.0 Å². The number of carbonyl (C=O) groups excluding carboxylic acids is 11. The fourth-order valence-corrected chi connectivity index (χ4v) is 8.34. The summed E-state index contributed by atoms with van der Waals surface area (Å²) in [6.45, 7) is 7.43. The van der Waals surface area contributed by atoms with Crippen molar-refractivity contribution in [2.45, 2.75) is 141 Å². The van der Waals surface area contributed by atoms with Crippen LogP contribution in [0.4, 0.5) is 0 Å². The van der Waals surface area contributed by atoms with Crippen molar-refractivity contribution in [3.8, 4) is 0 Å². The first-order valence-electron chi connectivity index (χ1n) is 25.6. The summed E-state index contributed by atoms with van der Waals surface area (Å²) in [5.41, 5.74) is 12.7. The van der Waals surface area contributed by atoms with Crippen LogP contribution in [-0.4, -0.2) is 159 Å². The molecule has 1 aromatic carbocycles. The van der Waals surface area contributed by atoms with Gasteiger partial charge in [0, 0.05) is 54.7 Å². The standard InChI is InChI=1S/C50H73N15O13/c1-25(2)17-35(43(52)71)63-49(77)37(19-29-21-53-24-58-29)61-40(68)23-57-50(78)42(26(3)4)65-44(72)27(5)59-48(76)36(18-28-20-55-31-10-7-6-9-30(28)31)64-47(75)34(12-14-38(51)66)60-39(67)22-56-45(73)33(13-15-41(69)70)62-46(74)32-11-8-16-54-32/h6-7,9-10,20-21,24-27,32-37,42,54-55H,8,11-19,22-23H2,1-5H3,(H2,51,66)(H2,52,71)(H,53,58)(H,56,73)(H,57,78)(H,59,76)(H,60,67)(H,61,68)(H,62,74)(H,63,77)(H,64,75)(H,65,72)(H,69,70)/t27-,32-,33-,34-,35-,36-,37-,42-/m0/s1. The summed E-state index contributed by atoms with van der Waals surface area (Å²) < 4.78 is 0. The van der Waals surface area contributed by atoms with E-state index in [1.807, 2.05) is 13.8 Å². The number of rotatable bonds is 32. The molecule has 0 unspecified atom stereocenters. The molecule has 1 aliphatic rings. The molecule has 1 fully saturated rings. The number of nitrogens with one attached hydrogen (secondary N) is 12. The summed E-state index contributed by atoms with van der Waals surface area (Å²) in [6, 6.07) is -2.65. The number of carbonyl (C=O) groups is 12. The zero-order chi connectivity index (χ0) is 57.6. The van der Waals surface area contributed by atoms with Gasteiger partial charge in [-0.2, -0.15) is 0 Å². The maximum Gasteiger partial charge on any atom is 0.303 e. The Morgan fingerprint density at radius 1 is 0.667 bits per heavy atom. The Kier molecular flexibility index (Phi) is 24.2. The van der Waals surface area contributed by atoms with Crippen LogP contribution in [0.3, 0.4) is 0 Å². The molecule has 3 heterocycles. The topological polar surface area (TPSA) is 442 Å². The molecule has 78 heavy (non-hydrogen) atoms. The Morgan fingerprint density at radius 3 is 1.87 bits per heavy atom. The number of nitrogens with two attached hydrogens (primary N) is 2. The lowest BCUT2D eigenvalue weighted by molar-refractivity contribution is -0.138. The molecule has 0 spiro atoms. The highest BCUT2D eigenvalue weighted by molar-refractivity contribution is 5.98. The zero-order valence-corrected chi connectivity index (χ0v) is 44.2. The van der Waals surface area contributed by atoms with E-state index >= 15 is 0 Å². The van der Waals surface area contributed by atoms with Gasteiger partial charge in [-0.3, -0.25) is 57.5 Å². The molecule has 2 aromatic heterocycles. The SMILES string of the molecule is CC(C)C[C@H](NC(=O)[C@H](Cc1cnc[nH]1)NC(=O)CNC(=O)[C@@H](NC(=O)[C@H](C)NC(=O)[C@H](Cc1c[nH]c2ccccc12)NC(=O)[C@H](CCC(N)=O)NC(=O)CNC(=O)[C@H](CCC(=O)O)NC(=O)[C@@H]1CCCN1)C(C)C)C(N)=O. The summed E-state index contributed by atoms with van der Waals surface area (Å²) in [5.74, 6) is -10.7. The van der Waals surface area contributed by atoms with E-state index in [1.165, 1.54) is 19.4 Å². The maximum atomic E-state index is 14.2. The summed E-state index contributed by atoms with van der Waals surface area (Å²) in [4.78, 5) is 167. The Labute approximate surface area is 449 Å². The number of aromatic nitrogens is 3. The fraction of sp³-hybridized carbons (Fsp3) is 0.540. The second-order valence-corrected chi connectivity index (χ2v) is 19.8. The van der Waals surface area contributed by atoms with Crippen LogP contribution in [0.1, 0.15) is 90.8 Å². The Hall–Kier alpha value is -8.43. The van der Waals surface area contributed by atoms with E-state index in [0.717, 1.165) is 6.42 Å². The molecule has 0 aliphatic carbocycles. The van der Waals surface area contributed by atoms with Gasteiger partial charge in [-0.25, -0.2) is 4.98 Å². The van der Waals surface area contributed by atoms with E-state index in [4.69, 9.17) is 11.5 Å². The molecule has 1 saturated heterocycles. The van der Waals surface area contributed by atoms with Crippen LogP contribution >= 0.6 is 0 Å². The first-order chi connectivity index (χ1) is 36.9. The number of carboxylic acid groups (broad SMARTS) is 1. The third-order valence-corrected chi connectivity index (χ3v) is 12.6. The number of primary amides is 2. The average Bonchev–Trinajstić information content (AvgIpc) is 4.21. The highest BCUT2D eigenvalue weighted by Crippen LogP contribution is 2.20. The first-order valence-corrected chi connectivity index (χ1v) is 25.6. The summed E-state index contributed by atoms with van der Waals surface area (Å²) in [5, 5.41) is 35.5. The molecule has 0 radical (unpaired) electrons. The predicted molar refractivity (Wildman–Crippen MR) is 279 cm³/mol. The van der Waals surface area contributed by atoms with Crippen LogP contribution < -0.4 is 64.6 Å². The van der Waals surface area contributed by atoms with Gasteiger partial charge in [-0.1, -0.05) is 45.9 Å². The van der Waals surface area contributed by atoms with E-state index in [1.54, 1.807) is 44.3 Å². The van der Waals surface area contributed by atoms with Crippen LogP contribution in [0.2, 0.25) is 0 Å². The normalized spacial score (nSPS) is 15.8. The zero-order valence-electron chi connectivity index (χ0n) is 44.2. The summed E-state index contributed by atoms with van der Waals surface area (Å²) in [7, 11) is 0. The lowest BCUT2D eigenvalue weighted by atomic mass is 10.0. The second kappa shape index (κ2) is 30.3. The molecule has 0 saturated carbocycles. The highest BCUT2D eigenvalue weighted by Gasteiger charge is 2.34. The molecule has 0 bridgehead atoms. The fourth-order valence-electron chi connectivity index (χ4n) is 8.34. The van der Waals surface area contributed by atoms with Crippen molar-refractivity contribution in [1.82, 2.24) is 68.1 Å². The molecule has 17 N–H and O–H groups in total. The Bertz CT molecular complexity index is 2610. The van der Waals surface area contributed by atoms with Crippen molar-refractivity contribution in [2.75, 3.05) is 19.6 Å². The molecule has 28 nitrogen and oxygen atoms in total. The molecule has 4 rings (SSSR count). The smallest absolute Gasteiger partial charge is 0.303 e. The number of benzene rings is 1. The first kappa shape index (κ1) is 62.1. The number of nitrogens with zero attached hydrogens (tertiary/aromatic N) is 1. The number of H-pyrrole nitrogens is 2. The van der Waals surface area contributed by atoms with Crippen LogP contribution in [0.5, 0.6) is 0 Å². The molecule has 28 heteroatoms. The van der Waals surface area contributed by atoms with Crippen LogP contribution in [-0.2, 0) is 70.4 Å². The second-order valence-electron chi connectivity index (χ2n) is 19.8. The minimum Gasteiger partial charge on any atom is -0.481 e. The van der Waals surface area contributed by atoms with Crippen molar-refractivity contribution in [1.29, 1.82) is 0 Å². The number of aromatic amines is 2. The lowest BCUT2D eigenvalue weighted by Crippen LogP contribution is -2.59. The lowest BCUT2D eigenvalue weighted by Gasteiger charge is -2.26. The third kappa shape index (κ3) is 20.3. The van der Waals surface area contributed by atoms with Gasteiger partial charge in [0.2, 0.25) is 65.0 Å². The number of aliphatic carboxylic acids is 1. The van der Waals surface area contributed by atoms with Gasteiger partial charge in [-0.15, -0.1) is 0 Å². The number of hydrogen-bond donors (Lipinski definition) is 15. The van der Waals surface area contributed by atoms with Crippen molar-refractivity contribution in [2.24, 2.45) is 23.3 Å². The number of imidazole rings is 1. The molecular weight excluding hydrogens is 1020 g/mol. The number of para-hydroxylation sites is 1. The molecule has 426 valence electrons. The quantitative estimate of drug-likeness (QED) is 0.0287. The Balaban J connectivity index is 1.44. The number of fused-ring (bicyclic) bond motifs is 1. The minimum absolute atomic E-state index is 0.00320. The number of carboxylic acids is 1. The average molecular weight is 1090 g/mol. The van der Waals surface area contributed by atoms with Gasteiger partial charge in [0.25, 0.3) is 0 Å². The molecule has 8 atom stereocenters. The number of amides is 11. The van der Waals surface area contributed by atoms with Crippen molar-refractivity contribution in [3.63, 3.8) is 0 Å². The van der Waals surface area contributed by atoms with Crippen molar-refractivity contribution < 1.29 is 62.6 Å². The highest BCUT2D eigenvalue weighted by atomic mass is 16.4. The molecular formula is C50H73N15O13. The van der Waals surface area contributed by atoms with E-state index in [0.29, 0.717) is 35.1 Å². The summed E-state index contributed by atoms with van der Waals surface area (Å²) >= 11 is 0. The van der Waals surface area contributed by atoms with Crippen LogP contribution in [0, 0.1) is 11.8 Å². The third-order valence-electron chi connectivity index (χ3n) is 12.6. The van der Waals surface area contributed by atoms with Gasteiger partial charge in [0.1, 0.15) is 42.3 Å². The largest absolute Gasteiger partial charge is 0.481 e. The predicted octanol–water partition coefficient (Wildman–Crippen LogP) is -3.61. The maximum absolute atomic E-state index is 14.2. The summed E-state index contributed by atoms with van der Waals surface area (Å²) in [6.07, 6.45) is 4.14. The number of hydrogen-bond acceptors (Lipinski definition) is 14. The van der Waals surface area contributed by atoms with E-state index in [-0.39, 0.29) is 38.0 Å². The van der Waals surface area contributed by atoms with Crippen molar-refractivity contribution in [3.05, 3.63) is 54.2 Å². The van der Waals surface area contributed by atoms with E-state index in [9.17, 15) is 62.6 Å². The van der Waals surface area contributed by atoms with Gasteiger partial charge in [0.15, 0.2) is 0 Å². The van der Waals surface area contributed by atoms with E-state index in [2.05, 4.69) is 68.1 Å². The van der Waals surface area contributed by atoms with Gasteiger partial charge < -0.3 is 79.7 Å². The van der Waals surface area contributed by atoms with Gasteiger partial charge in [-0.05, 0) is 69.0 Å². The molecule has 1 aliphatic heterocycles. The van der Waals surface area contributed by atoms with E-state index < -0.39 is 151 Å². The van der Waals surface area contributed by atoms with Crippen LogP contribution in [0.25, 0.3) is 10.9 Å². The van der Waals surface area contributed by atoms with Gasteiger partial charge in [0.05, 0.1) is 25.5 Å². The van der Waals surface area contributed by atoms with Gasteiger partial charge >= 0.3 is 5.97 Å². The Morgan fingerprint density at radius 2 is 1.27 bits per heavy atom. The monoisotopic (exact) mass is 1090 g/mol. The van der Waals surface area contributed by atoms with Crippen molar-refractivity contribution >= 4 is 81.9 Å².